The van der Waals surface area contributed by atoms with Crippen LogP contribution < -0.4 is 10.8 Å². The minimum absolute atomic E-state index is 0.583. The number of carboxylic acids is 1. The lowest BCUT2D eigenvalue weighted by Gasteiger charge is -2.08. The van der Waals surface area contributed by atoms with Crippen molar-refractivity contribution >= 4 is 17.7 Å². The molecule has 0 saturated carbocycles. The van der Waals surface area contributed by atoms with Gasteiger partial charge in [-0.25, -0.2) is 15.1 Å². The lowest BCUT2D eigenvalue weighted by Crippen LogP contribution is -2.30. The maximum Gasteiger partial charge on any atom is 0.343 e. The van der Waals surface area contributed by atoms with Crippen LogP contribution in [-0.2, 0) is 9.63 Å². The summed E-state index contributed by atoms with van der Waals surface area (Å²) in [7, 11) is 0. The molecule has 0 radical (unpaired) electrons. The van der Waals surface area contributed by atoms with Crippen molar-refractivity contribution in [1.29, 1.82) is 0 Å². The van der Waals surface area contributed by atoms with Crippen molar-refractivity contribution in [1.82, 2.24) is 5.48 Å². The van der Waals surface area contributed by atoms with Gasteiger partial charge in [0.2, 0.25) is 0 Å². The molecule has 3 N–H and O–H groups in total. The van der Waals surface area contributed by atoms with Crippen LogP contribution in [0.2, 0.25) is 0 Å². The van der Waals surface area contributed by atoms with E-state index in [1.807, 2.05) is 31.5 Å². The number of hydrogen-bond acceptors (Lipinski definition) is 3. The van der Waals surface area contributed by atoms with Crippen LogP contribution in [0.25, 0.3) is 0 Å². The lowest BCUT2D eigenvalue weighted by atomic mass is 10.1. The first-order valence-electron chi connectivity index (χ1n) is 4.97. The molecular formula is C11H14N2O4. The molecule has 1 rings (SSSR count). The molecule has 0 aliphatic rings. The van der Waals surface area contributed by atoms with Crippen molar-refractivity contribution in [2.24, 2.45) is 0 Å². The van der Waals surface area contributed by atoms with Crippen molar-refractivity contribution in [3.8, 4) is 0 Å². The van der Waals surface area contributed by atoms with Crippen LogP contribution in [0.15, 0.2) is 18.2 Å². The molecule has 0 saturated heterocycles. The second kappa shape index (κ2) is 5.86. The highest BCUT2D eigenvalue weighted by molar-refractivity contribution is 5.88. The van der Waals surface area contributed by atoms with Crippen LogP contribution in [0.3, 0.4) is 0 Å². The highest BCUT2D eigenvalue weighted by Crippen LogP contribution is 2.13. The summed E-state index contributed by atoms with van der Waals surface area (Å²) < 4.78 is 0. The molecule has 0 spiro atoms. The van der Waals surface area contributed by atoms with Gasteiger partial charge in [-0.15, -0.1) is 0 Å². The first kappa shape index (κ1) is 13.0. The molecular weight excluding hydrogens is 224 g/mol. The average molecular weight is 238 g/mol. The summed E-state index contributed by atoms with van der Waals surface area (Å²) in [5.74, 6) is -1.16. The third-order valence-corrected chi connectivity index (χ3v) is 2.13. The predicted octanol–water partition coefficient (Wildman–Crippen LogP) is 1.44. The summed E-state index contributed by atoms with van der Waals surface area (Å²) in [5, 5.41) is 10.8. The quantitative estimate of drug-likeness (QED) is 0.692. The van der Waals surface area contributed by atoms with E-state index in [4.69, 9.17) is 5.11 Å². The number of hydroxylamine groups is 1. The number of carbonyl (C=O) groups is 2. The normalized spacial score (nSPS) is 9.76. The van der Waals surface area contributed by atoms with Gasteiger partial charge in [0.05, 0.1) is 0 Å². The fourth-order valence-electron chi connectivity index (χ4n) is 1.14. The summed E-state index contributed by atoms with van der Waals surface area (Å²) in [6.45, 7) is 3.31. The predicted molar refractivity (Wildman–Crippen MR) is 61.7 cm³/mol. The third-order valence-electron chi connectivity index (χ3n) is 2.13. The number of urea groups is 1. The second-order valence-electron chi connectivity index (χ2n) is 3.54. The standard InChI is InChI=1S/C11H14N2O4/c1-7-3-4-9(5-8(7)2)12-11(16)13-17-6-10(14)15/h3-5H,6H2,1-2H3,(H,14,15)(H2,12,13,16). The van der Waals surface area contributed by atoms with Crippen molar-refractivity contribution in [3.05, 3.63) is 29.3 Å². The summed E-state index contributed by atoms with van der Waals surface area (Å²) in [5.41, 5.74) is 4.75. The Labute approximate surface area is 98.5 Å². The molecule has 0 aliphatic heterocycles. The van der Waals surface area contributed by atoms with Crippen LogP contribution in [0.5, 0.6) is 0 Å². The van der Waals surface area contributed by atoms with Crippen LogP contribution in [0.4, 0.5) is 10.5 Å². The van der Waals surface area contributed by atoms with Crippen LogP contribution in [-0.4, -0.2) is 23.7 Å². The first-order valence-corrected chi connectivity index (χ1v) is 4.97. The molecule has 0 aromatic heterocycles. The zero-order chi connectivity index (χ0) is 12.8. The van der Waals surface area contributed by atoms with Gasteiger partial charge in [0, 0.05) is 5.69 Å². The van der Waals surface area contributed by atoms with E-state index >= 15 is 0 Å². The molecule has 92 valence electrons. The summed E-state index contributed by atoms with van der Waals surface area (Å²) in [6.07, 6.45) is 0. The largest absolute Gasteiger partial charge is 0.479 e. The molecule has 17 heavy (non-hydrogen) atoms. The second-order valence-corrected chi connectivity index (χ2v) is 3.54. The van der Waals surface area contributed by atoms with E-state index in [1.165, 1.54) is 0 Å². The van der Waals surface area contributed by atoms with Gasteiger partial charge in [-0.05, 0) is 37.1 Å². The first-order chi connectivity index (χ1) is 7.99. The number of carboxylic acid groups (broad SMARTS) is 1. The Morgan fingerprint density at radius 1 is 1.29 bits per heavy atom. The van der Waals surface area contributed by atoms with Gasteiger partial charge >= 0.3 is 12.0 Å². The van der Waals surface area contributed by atoms with Gasteiger partial charge in [0.25, 0.3) is 0 Å². The Bertz CT molecular complexity index is 431. The number of benzene rings is 1. The summed E-state index contributed by atoms with van der Waals surface area (Å²) >= 11 is 0. The number of aliphatic carboxylic acids is 1. The van der Waals surface area contributed by atoms with Gasteiger partial charge in [-0.2, -0.15) is 0 Å². The number of aryl methyl sites for hydroxylation is 2. The van der Waals surface area contributed by atoms with Gasteiger partial charge in [-0.3, -0.25) is 4.84 Å². The number of amides is 2. The maximum absolute atomic E-state index is 11.3. The van der Waals surface area contributed by atoms with Gasteiger partial charge < -0.3 is 10.4 Å². The van der Waals surface area contributed by atoms with Gasteiger partial charge in [0.1, 0.15) is 0 Å². The van der Waals surface area contributed by atoms with Crippen molar-refractivity contribution in [3.63, 3.8) is 0 Å². The Morgan fingerprint density at radius 2 is 2.00 bits per heavy atom. The molecule has 6 heteroatoms. The monoisotopic (exact) mass is 238 g/mol. The van der Waals surface area contributed by atoms with E-state index < -0.39 is 18.6 Å². The van der Waals surface area contributed by atoms with Gasteiger partial charge in [0.15, 0.2) is 6.61 Å². The maximum atomic E-state index is 11.3. The average Bonchev–Trinajstić information content (AvgIpc) is 2.23. The Hall–Kier alpha value is -2.08. The highest BCUT2D eigenvalue weighted by Gasteiger charge is 2.04. The summed E-state index contributed by atoms with van der Waals surface area (Å²) in [6, 6.07) is 4.82. The van der Waals surface area contributed by atoms with E-state index in [9.17, 15) is 9.59 Å². The van der Waals surface area contributed by atoms with Crippen molar-refractivity contribution in [2.75, 3.05) is 11.9 Å². The zero-order valence-electron chi connectivity index (χ0n) is 9.61. The summed E-state index contributed by atoms with van der Waals surface area (Å²) in [4.78, 5) is 25.8. The topological polar surface area (TPSA) is 87.7 Å². The minimum Gasteiger partial charge on any atom is -0.479 e. The number of anilines is 1. The smallest absolute Gasteiger partial charge is 0.343 e. The molecule has 6 nitrogen and oxygen atoms in total. The van der Waals surface area contributed by atoms with Crippen molar-refractivity contribution in [2.45, 2.75) is 13.8 Å². The van der Waals surface area contributed by atoms with Crippen LogP contribution in [0.1, 0.15) is 11.1 Å². The molecule has 0 atom stereocenters. The SMILES string of the molecule is Cc1ccc(NC(=O)NOCC(=O)O)cc1C. The molecule has 1 aromatic carbocycles. The number of nitrogens with one attached hydrogen (secondary N) is 2. The fourth-order valence-corrected chi connectivity index (χ4v) is 1.14. The minimum atomic E-state index is -1.16. The Kier molecular flexibility index (Phi) is 4.47. The van der Waals surface area contributed by atoms with E-state index in [2.05, 4.69) is 10.2 Å². The van der Waals surface area contributed by atoms with E-state index in [1.54, 1.807) is 6.07 Å². The molecule has 2 amide bonds. The molecule has 1 aromatic rings. The number of rotatable bonds is 4. The van der Waals surface area contributed by atoms with Crippen LogP contribution >= 0.6 is 0 Å². The fraction of sp³-hybridized carbons (Fsp3) is 0.273. The van der Waals surface area contributed by atoms with Gasteiger partial charge in [-0.1, -0.05) is 6.07 Å². The molecule has 0 aliphatic carbocycles. The molecule has 0 bridgehead atoms. The van der Waals surface area contributed by atoms with Crippen molar-refractivity contribution < 1.29 is 19.5 Å². The number of hydrogen-bond donors (Lipinski definition) is 3. The molecule has 0 unspecified atom stereocenters. The highest BCUT2D eigenvalue weighted by atomic mass is 16.7. The lowest BCUT2D eigenvalue weighted by molar-refractivity contribution is -0.143. The van der Waals surface area contributed by atoms with E-state index in [-0.39, 0.29) is 0 Å². The molecule has 0 fully saturated rings. The zero-order valence-corrected chi connectivity index (χ0v) is 9.61. The third kappa shape index (κ3) is 4.52. The van der Waals surface area contributed by atoms with Crippen LogP contribution in [0, 0.1) is 13.8 Å². The van der Waals surface area contributed by atoms with E-state index in [0.717, 1.165) is 11.1 Å². The number of carbonyl (C=O) groups excluding carboxylic acids is 1. The Balaban J connectivity index is 2.45. The van der Waals surface area contributed by atoms with E-state index in [0.29, 0.717) is 5.69 Å². The molecule has 0 heterocycles. The Morgan fingerprint density at radius 3 is 2.59 bits per heavy atom.